The highest BCUT2D eigenvalue weighted by molar-refractivity contribution is 5.94. The molecule has 0 amide bonds. The quantitative estimate of drug-likeness (QED) is 0.479. The Morgan fingerprint density at radius 1 is 1.00 bits per heavy atom. The van der Waals surface area contributed by atoms with E-state index in [1.807, 2.05) is 0 Å². The monoisotopic (exact) mass is 389 g/mol. The molecule has 29 heavy (non-hydrogen) atoms. The van der Waals surface area contributed by atoms with Gasteiger partial charge in [0.15, 0.2) is 0 Å². The molecule has 3 aromatic rings. The minimum absolute atomic E-state index is 0.870. The smallest absolute Gasteiger partial charge is 0.147 e. The third kappa shape index (κ3) is 3.56. The van der Waals surface area contributed by atoms with Gasteiger partial charge in [0.2, 0.25) is 0 Å². The first-order valence-electron chi connectivity index (χ1n) is 11.1. The molecule has 0 radical (unpaired) electrons. The first kappa shape index (κ1) is 20.0. The second-order valence-electron chi connectivity index (χ2n) is 9.17. The maximum atomic E-state index is 5.11. The number of benzene rings is 1. The summed E-state index contributed by atoms with van der Waals surface area (Å²) in [5.41, 5.74) is 11.5. The summed E-state index contributed by atoms with van der Waals surface area (Å²) < 4.78 is 2.39. The first-order chi connectivity index (χ1) is 13.8. The van der Waals surface area contributed by atoms with Crippen molar-refractivity contribution in [3.8, 4) is 5.69 Å². The summed E-state index contributed by atoms with van der Waals surface area (Å²) in [5.74, 6) is 0.870. The van der Waals surface area contributed by atoms with E-state index in [-0.39, 0.29) is 0 Å². The highest BCUT2D eigenvalue weighted by Crippen LogP contribution is 2.39. The second-order valence-corrected chi connectivity index (χ2v) is 9.17. The van der Waals surface area contributed by atoms with Gasteiger partial charge in [-0.25, -0.2) is 4.98 Å². The van der Waals surface area contributed by atoms with E-state index in [1.54, 1.807) is 0 Å². The average molecular weight is 390 g/mol. The minimum Gasteiger partial charge on any atom is -0.370 e. The SMILES string of the molecule is CCCN(CC1CC1)c1c(C)c(C)nc2c1cc(C)n2-c1c(C)cc(C)cc1C. The van der Waals surface area contributed by atoms with Gasteiger partial charge in [0, 0.05) is 29.9 Å². The van der Waals surface area contributed by atoms with Crippen LogP contribution in [0.2, 0.25) is 0 Å². The molecular weight excluding hydrogens is 354 g/mol. The number of rotatable bonds is 6. The van der Waals surface area contributed by atoms with Crippen LogP contribution in [0.3, 0.4) is 0 Å². The van der Waals surface area contributed by atoms with Crippen molar-refractivity contribution in [1.29, 1.82) is 0 Å². The maximum Gasteiger partial charge on any atom is 0.147 e. The molecule has 1 aliphatic rings. The van der Waals surface area contributed by atoms with Crippen molar-refractivity contribution >= 4 is 16.7 Å². The Hall–Kier alpha value is -2.29. The average Bonchev–Trinajstić information content (AvgIpc) is 3.40. The van der Waals surface area contributed by atoms with Gasteiger partial charge in [0.25, 0.3) is 0 Å². The number of fused-ring (bicyclic) bond motifs is 1. The fourth-order valence-electron chi connectivity index (χ4n) is 4.92. The number of aromatic nitrogens is 2. The van der Waals surface area contributed by atoms with E-state index in [9.17, 15) is 0 Å². The van der Waals surface area contributed by atoms with Crippen molar-refractivity contribution in [3.63, 3.8) is 0 Å². The van der Waals surface area contributed by atoms with Gasteiger partial charge in [-0.05, 0) is 89.5 Å². The molecule has 0 aliphatic heterocycles. The number of hydrogen-bond acceptors (Lipinski definition) is 2. The van der Waals surface area contributed by atoms with Gasteiger partial charge in [0.1, 0.15) is 5.65 Å². The van der Waals surface area contributed by atoms with Crippen LogP contribution in [-0.4, -0.2) is 22.6 Å². The lowest BCUT2D eigenvalue weighted by atomic mass is 10.0. The van der Waals surface area contributed by atoms with Crippen LogP contribution in [0.5, 0.6) is 0 Å². The molecule has 4 rings (SSSR count). The summed E-state index contributed by atoms with van der Waals surface area (Å²) in [6.45, 7) is 17.8. The van der Waals surface area contributed by atoms with Crippen molar-refractivity contribution < 1.29 is 0 Å². The predicted octanol–water partition coefficient (Wildman–Crippen LogP) is 6.50. The van der Waals surface area contributed by atoms with Crippen LogP contribution in [0, 0.1) is 47.5 Å². The summed E-state index contributed by atoms with van der Waals surface area (Å²) in [6.07, 6.45) is 3.94. The van der Waals surface area contributed by atoms with E-state index in [1.165, 1.54) is 70.5 Å². The number of nitrogens with zero attached hydrogens (tertiary/aromatic N) is 3. The molecule has 0 saturated heterocycles. The van der Waals surface area contributed by atoms with Crippen LogP contribution in [0.25, 0.3) is 16.7 Å². The Morgan fingerprint density at radius 3 is 2.24 bits per heavy atom. The lowest BCUT2D eigenvalue weighted by Gasteiger charge is -2.28. The molecule has 3 heteroatoms. The van der Waals surface area contributed by atoms with Gasteiger partial charge in [-0.3, -0.25) is 4.57 Å². The summed E-state index contributed by atoms with van der Waals surface area (Å²) >= 11 is 0. The standard InChI is InChI=1S/C26H35N3/c1-8-11-28(15-22-9-10-22)25-20(6)21(7)27-26-23(25)14-19(5)29(26)24-17(3)12-16(2)13-18(24)4/h12-14,22H,8-11,15H2,1-7H3. The van der Waals surface area contributed by atoms with Crippen molar-refractivity contribution in [3.05, 3.63) is 51.8 Å². The highest BCUT2D eigenvalue weighted by atomic mass is 15.2. The number of anilines is 1. The van der Waals surface area contributed by atoms with Gasteiger partial charge < -0.3 is 4.90 Å². The van der Waals surface area contributed by atoms with Gasteiger partial charge in [0.05, 0.1) is 11.4 Å². The number of aryl methyl sites for hydroxylation is 5. The molecule has 0 N–H and O–H groups in total. The summed E-state index contributed by atoms with van der Waals surface area (Å²) in [4.78, 5) is 7.75. The van der Waals surface area contributed by atoms with E-state index in [0.29, 0.717) is 0 Å². The Balaban J connectivity index is 1.98. The maximum absolute atomic E-state index is 5.11. The van der Waals surface area contributed by atoms with Crippen molar-refractivity contribution in [2.75, 3.05) is 18.0 Å². The molecule has 0 bridgehead atoms. The van der Waals surface area contributed by atoms with Crippen molar-refractivity contribution in [2.24, 2.45) is 5.92 Å². The molecule has 154 valence electrons. The fourth-order valence-corrected chi connectivity index (χ4v) is 4.92. The summed E-state index contributed by atoms with van der Waals surface area (Å²) in [5, 5.41) is 1.30. The van der Waals surface area contributed by atoms with Crippen LogP contribution >= 0.6 is 0 Å². The van der Waals surface area contributed by atoms with E-state index in [4.69, 9.17) is 4.98 Å². The zero-order valence-electron chi connectivity index (χ0n) is 19.2. The van der Waals surface area contributed by atoms with Crippen LogP contribution in [0.1, 0.15) is 59.8 Å². The zero-order valence-corrected chi connectivity index (χ0v) is 19.2. The molecule has 0 atom stereocenters. The molecule has 1 saturated carbocycles. The Labute approximate surface area is 175 Å². The highest BCUT2D eigenvalue weighted by Gasteiger charge is 2.27. The molecule has 1 aromatic carbocycles. The lowest BCUT2D eigenvalue weighted by Crippen LogP contribution is -2.27. The summed E-state index contributed by atoms with van der Waals surface area (Å²) in [6, 6.07) is 6.93. The molecule has 3 nitrogen and oxygen atoms in total. The zero-order chi connectivity index (χ0) is 20.9. The molecule has 1 aliphatic carbocycles. The van der Waals surface area contributed by atoms with Gasteiger partial charge in [-0.1, -0.05) is 24.6 Å². The minimum atomic E-state index is 0.870. The van der Waals surface area contributed by atoms with Crippen molar-refractivity contribution in [2.45, 2.75) is 67.7 Å². The normalized spacial score (nSPS) is 14.0. The Bertz CT molecular complexity index is 1050. The molecule has 0 spiro atoms. The molecule has 1 fully saturated rings. The van der Waals surface area contributed by atoms with E-state index in [0.717, 1.165) is 23.8 Å². The predicted molar refractivity (Wildman–Crippen MR) is 125 cm³/mol. The van der Waals surface area contributed by atoms with Crippen LogP contribution < -0.4 is 4.90 Å². The topological polar surface area (TPSA) is 21.1 Å². The lowest BCUT2D eigenvalue weighted by molar-refractivity contribution is 0.707. The van der Waals surface area contributed by atoms with E-state index >= 15 is 0 Å². The van der Waals surface area contributed by atoms with Gasteiger partial charge in [-0.15, -0.1) is 0 Å². The third-order valence-corrected chi connectivity index (χ3v) is 6.43. The van der Waals surface area contributed by atoms with E-state index in [2.05, 4.69) is 76.1 Å². The molecule has 2 heterocycles. The number of pyridine rings is 1. The largest absolute Gasteiger partial charge is 0.370 e. The van der Waals surface area contributed by atoms with Crippen LogP contribution in [0.4, 0.5) is 5.69 Å². The fraction of sp³-hybridized carbons (Fsp3) is 0.500. The third-order valence-electron chi connectivity index (χ3n) is 6.43. The number of hydrogen-bond donors (Lipinski definition) is 0. The van der Waals surface area contributed by atoms with Gasteiger partial charge in [-0.2, -0.15) is 0 Å². The molecule has 2 aromatic heterocycles. The molecule has 0 unspecified atom stereocenters. The Morgan fingerprint density at radius 2 is 1.66 bits per heavy atom. The van der Waals surface area contributed by atoms with Crippen LogP contribution in [-0.2, 0) is 0 Å². The van der Waals surface area contributed by atoms with E-state index < -0.39 is 0 Å². The first-order valence-corrected chi connectivity index (χ1v) is 11.1. The molecular formula is C26H35N3. The summed E-state index contributed by atoms with van der Waals surface area (Å²) in [7, 11) is 0. The Kier molecular flexibility index (Phi) is 5.18. The van der Waals surface area contributed by atoms with Gasteiger partial charge >= 0.3 is 0 Å². The second kappa shape index (κ2) is 7.51. The van der Waals surface area contributed by atoms with Crippen molar-refractivity contribution in [1.82, 2.24) is 9.55 Å². The van der Waals surface area contributed by atoms with Crippen LogP contribution in [0.15, 0.2) is 18.2 Å².